The molecular formula is C22H19N3O3. The lowest BCUT2D eigenvalue weighted by Gasteiger charge is -2.09. The van der Waals surface area contributed by atoms with E-state index >= 15 is 0 Å². The number of benzene rings is 3. The van der Waals surface area contributed by atoms with E-state index in [2.05, 4.69) is 5.10 Å². The highest BCUT2D eigenvalue weighted by Crippen LogP contribution is 2.18. The number of carbonyl (C=O) groups excluding carboxylic acids is 2. The molecule has 0 saturated heterocycles. The van der Waals surface area contributed by atoms with Crippen LogP contribution in [0.15, 0.2) is 77.9 Å². The number of nitrogens with two attached hydrogens (primary N) is 2. The minimum atomic E-state index is -0.461. The second-order valence-corrected chi connectivity index (χ2v) is 6.18. The topological polar surface area (TPSA) is 108 Å². The number of Topliss-reactive ketones (excluding diaryl/α,β-unsaturated/α-hetero) is 1. The molecule has 0 aromatic heterocycles. The second kappa shape index (κ2) is 8.18. The van der Waals surface area contributed by atoms with E-state index in [4.69, 9.17) is 16.3 Å². The normalized spacial score (nSPS) is 11.1. The summed E-state index contributed by atoms with van der Waals surface area (Å²) >= 11 is 0. The Labute approximate surface area is 162 Å². The smallest absolute Gasteiger partial charge is 0.343 e. The molecule has 0 unspecified atom stereocenters. The first-order valence-electron chi connectivity index (χ1n) is 8.56. The van der Waals surface area contributed by atoms with Crippen LogP contribution in [-0.2, 0) is 0 Å². The van der Waals surface area contributed by atoms with Gasteiger partial charge in [0.05, 0.1) is 5.56 Å². The molecule has 140 valence electrons. The van der Waals surface area contributed by atoms with Gasteiger partial charge < -0.3 is 16.3 Å². The summed E-state index contributed by atoms with van der Waals surface area (Å²) in [5.74, 6) is 4.94. The van der Waals surface area contributed by atoms with E-state index in [0.29, 0.717) is 28.1 Å². The first kappa shape index (κ1) is 18.8. The van der Waals surface area contributed by atoms with Gasteiger partial charge in [-0.05, 0) is 55.5 Å². The average molecular weight is 373 g/mol. The number of aryl methyl sites for hydroxylation is 1. The van der Waals surface area contributed by atoms with Gasteiger partial charge in [-0.25, -0.2) is 4.79 Å². The van der Waals surface area contributed by atoms with Crippen LogP contribution in [0.1, 0.15) is 31.8 Å². The van der Waals surface area contributed by atoms with Crippen molar-refractivity contribution in [1.29, 1.82) is 0 Å². The molecule has 0 saturated carbocycles. The van der Waals surface area contributed by atoms with Crippen LogP contribution in [0.3, 0.4) is 0 Å². The van der Waals surface area contributed by atoms with Crippen LogP contribution in [0.25, 0.3) is 0 Å². The molecule has 0 spiro atoms. The number of hydrazone groups is 1. The van der Waals surface area contributed by atoms with Crippen LogP contribution in [0.5, 0.6) is 5.75 Å². The van der Waals surface area contributed by atoms with Crippen molar-refractivity contribution in [3.63, 3.8) is 0 Å². The highest BCUT2D eigenvalue weighted by atomic mass is 16.5. The summed E-state index contributed by atoms with van der Waals surface area (Å²) in [5.41, 5.74) is 8.51. The van der Waals surface area contributed by atoms with Gasteiger partial charge in [-0.1, -0.05) is 29.8 Å². The van der Waals surface area contributed by atoms with Crippen LogP contribution >= 0.6 is 0 Å². The predicted octanol–water partition coefficient (Wildman–Crippen LogP) is 3.34. The van der Waals surface area contributed by atoms with Gasteiger partial charge >= 0.3 is 5.97 Å². The molecule has 3 rings (SSSR count). The molecule has 0 aliphatic rings. The number of hydrogen-bond donors (Lipinski definition) is 2. The zero-order valence-corrected chi connectivity index (χ0v) is 15.3. The first-order valence-corrected chi connectivity index (χ1v) is 8.56. The molecule has 6 nitrogen and oxygen atoms in total. The number of nitrogen functional groups attached to an aromatic ring is 1. The number of ether oxygens (including phenoxy) is 1. The maximum atomic E-state index is 12.7. The van der Waals surface area contributed by atoms with E-state index in [1.54, 1.807) is 66.7 Å². The number of rotatable bonds is 5. The van der Waals surface area contributed by atoms with Gasteiger partial charge in [-0.15, -0.1) is 0 Å². The van der Waals surface area contributed by atoms with Crippen LogP contribution in [0, 0.1) is 6.92 Å². The van der Waals surface area contributed by atoms with Crippen molar-refractivity contribution < 1.29 is 14.3 Å². The fraction of sp³-hybridized carbons (Fsp3) is 0.0455. The molecule has 0 radical (unpaired) electrons. The van der Waals surface area contributed by atoms with Crippen LogP contribution in [0.2, 0.25) is 0 Å². The van der Waals surface area contributed by atoms with Crippen molar-refractivity contribution in [2.24, 2.45) is 10.9 Å². The maximum Gasteiger partial charge on any atom is 0.343 e. The summed E-state index contributed by atoms with van der Waals surface area (Å²) in [4.78, 5) is 24.9. The number of esters is 1. The van der Waals surface area contributed by atoms with Crippen molar-refractivity contribution >= 4 is 23.2 Å². The molecule has 0 atom stereocenters. The van der Waals surface area contributed by atoms with Gasteiger partial charge in [0.1, 0.15) is 11.5 Å². The third-order valence-electron chi connectivity index (χ3n) is 4.14. The Morgan fingerprint density at radius 2 is 1.61 bits per heavy atom. The molecule has 0 heterocycles. The molecule has 28 heavy (non-hydrogen) atoms. The number of nitrogens with zero attached hydrogens (tertiary/aromatic N) is 1. The number of hydrogen-bond acceptors (Lipinski definition) is 6. The van der Waals surface area contributed by atoms with Crippen LogP contribution in [0.4, 0.5) is 5.69 Å². The molecule has 6 heteroatoms. The summed E-state index contributed by atoms with van der Waals surface area (Å²) in [6.07, 6.45) is 0. The standard InChI is InChI=1S/C22H19N3O3/c1-14-5-4-6-16(13-14)22(27)28-17-11-9-15(10-12-17)20(25-24)21(26)18-7-2-3-8-19(18)23/h2-13H,23-24H2,1H3/b25-20+. The lowest BCUT2D eigenvalue weighted by Crippen LogP contribution is -2.19. The van der Waals surface area contributed by atoms with Crippen molar-refractivity contribution in [2.45, 2.75) is 6.92 Å². The third-order valence-corrected chi connectivity index (χ3v) is 4.14. The fourth-order valence-electron chi connectivity index (χ4n) is 2.71. The molecule has 0 aliphatic carbocycles. The quantitative estimate of drug-likeness (QED) is 0.136. The van der Waals surface area contributed by atoms with Crippen LogP contribution < -0.4 is 16.3 Å². The lowest BCUT2D eigenvalue weighted by molar-refractivity contribution is 0.0734. The zero-order chi connectivity index (χ0) is 20.1. The zero-order valence-electron chi connectivity index (χ0n) is 15.3. The van der Waals surface area contributed by atoms with Gasteiger partial charge in [0, 0.05) is 16.8 Å². The molecule has 0 fully saturated rings. The molecule has 0 aliphatic heterocycles. The maximum absolute atomic E-state index is 12.7. The predicted molar refractivity (Wildman–Crippen MR) is 108 cm³/mol. The molecule has 3 aromatic carbocycles. The third kappa shape index (κ3) is 4.07. The lowest BCUT2D eigenvalue weighted by atomic mass is 9.99. The number of anilines is 1. The summed E-state index contributed by atoms with van der Waals surface area (Å²) in [6.45, 7) is 1.90. The van der Waals surface area contributed by atoms with Crippen molar-refractivity contribution in [1.82, 2.24) is 0 Å². The molecule has 3 aromatic rings. The van der Waals surface area contributed by atoms with Gasteiger partial charge in [0.15, 0.2) is 0 Å². The summed E-state index contributed by atoms with van der Waals surface area (Å²) in [5, 5.41) is 3.63. The van der Waals surface area contributed by atoms with Gasteiger partial charge in [-0.3, -0.25) is 4.79 Å². The van der Waals surface area contributed by atoms with Gasteiger partial charge in [0.2, 0.25) is 5.78 Å². The van der Waals surface area contributed by atoms with Crippen molar-refractivity contribution in [3.8, 4) is 5.75 Å². The summed E-state index contributed by atoms with van der Waals surface area (Å²) in [6, 6.07) is 20.2. The highest BCUT2D eigenvalue weighted by molar-refractivity contribution is 6.52. The SMILES string of the molecule is Cc1cccc(C(=O)Oc2ccc(/C(=N\N)C(=O)c3ccccc3N)cc2)c1. The average Bonchev–Trinajstić information content (AvgIpc) is 2.70. The largest absolute Gasteiger partial charge is 0.423 e. The first-order chi connectivity index (χ1) is 13.5. The highest BCUT2D eigenvalue weighted by Gasteiger charge is 2.18. The van der Waals surface area contributed by atoms with Crippen molar-refractivity contribution in [3.05, 3.63) is 95.1 Å². The van der Waals surface area contributed by atoms with Gasteiger partial charge in [-0.2, -0.15) is 5.10 Å². The van der Waals surface area contributed by atoms with E-state index in [-0.39, 0.29) is 11.5 Å². The monoisotopic (exact) mass is 373 g/mol. The Balaban J connectivity index is 1.78. The van der Waals surface area contributed by atoms with E-state index in [1.165, 1.54) is 0 Å². The van der Waals surface area contributed by atoms with Crippen molar-refractivity contribution in [2.75, 3.05) is 5.73 Å². The van der Waals surface area contributed by atoms with E-state index < -0.39 is 5.97 Å². The molecule has 4 N–H and O–H groups in total. The Bertz CT molecular complexity index is 1060. The minimum Gasteiger partial charge on any atom is -0.423 e. The van der Waals surface area contributed by atoms with E-state index in [1.807, 2.05) is 13.0 Å². The number of para-hydroxylation sites is 1. The summed E-state index contributed by atoms with van der Waals surface area (Å²) < 4.78 is 5.37. The fourth-order valence-corrected chi connectivity index (χ4v) is 2.71. The molecular weight excluding hydrogens is 354 g/mol. The second-order valence-electron chi connectivity index (χ2n) is 6.18. The molecule has 0 amide bonds. The summed E-state index contributed by atoms with van der Waals surface area (Å²) in [7, 11) is 0. The van der Waals surface area contributed by atoms with E-state index in [0.717, 1.165) is 5.56 Å². The number of ketones is 1. The van der Waals surface area contributed by atoms with E-state index in [9.17, 15) is 9.59 Å². The Kier molecular flexibility index (Phi) is 5.50. The van der Waals surface area contributed by atoms with Gasteiger partial charge in [0.25, 0.3) is 0 Å². The Hall–Kier alpha value is -3.93. The Morgan fingerprint density at radius 3 is 2.25 bits per heavy atom. The minimum absolute atomic E-state index is 0.0643. The molecule has 0 bridgehead atoms. The number of carbonyl (C=O) groups is 2. The van der Waals surface area contributed by atoms with Crippen LogP contribution in [-0.4, -0.2) is 17.5 Å². The Morgan fingerprint density at radius 1 is 0.893 bits per heavy atom.